The van der Waals surface area contributed by atoms with E-state index in [4.69, 9.17) is 26.8 Å². The maximum Gasteiger partial charge on any atom is 0.264 e. The average molecular weight is 543 g/mol. The predicted molar refractivity (Wildman–Crippen MR) is 153 cm³/mol. The predicted octanol–water partition coefficient (Wildman–Crippen LogP) is 2.60. The Morgan fingerprint density at radius 2 is 1.85 bits per heavy atom. The highest BCUT2D eigenvalue weighted by atomic mass is 16.5. The lowest BCUT2D eigenvalue weighted by Crippen LogP contribution is -2.51. The molecule has 0 saturated heterocycles. The standard InChI is InChI=1S/C28H34N10O2/c1-4-6-11-25-24(27(39)37(18(3)35-25)28-33-16-21(17-34-28)40-5-2)14-20-13-12-19(15-32-20)22-9-7-8-10-23(22)26(29)38(31)36-30/h7-10,12-13,15-17,29,36H,4-6,11,14,30-31H2,1-3H3. The van der Waals surface area contributed by atoms with Crippen LogP contribution in [-0.4, -0.2) is 42.1 Å². The molecule has 0 aliphatic heterocycles. The summed E-state index contributed by atoms with van der Waals surface area (Å²) in [4.78, 5) is 32.0. The van der Waals surface area contributed by atoms with Crippen molar-refractivity contribution < 1.29 is 4.74 Å². The van der Waals surface area contributed by atoms with Gasteiger partial charge in [0.2, 0.25) is 5.95 Å². The van der Waals surface area contributed by atoms with Gasteiger partial charge in [-0.05, 0) is 38.3 Å². The second-order valence-corrected chi connectivity index (χ2v) is 9.09. The normalized spacial score (nSPS) is 10.9. The van der Waals surface area contributed by atoms with E-state index in [2.05, 4.69) is 27.4 Å². The molecule has 0 fully saturated rings. The van der Waals surface area contributed by atoms with Gasteiger partial charge in [0.15, 0.2) is 11.6 Å². The van der Waals surface area contributed by atoms with Gasteiger partial charge in [-0.3, -0.25) is 21.0 Å². The van der Waals surface area contributed by atoms with E-state index < -0.39 is 0 Å². The van der Waals surface area contributed by atoms with E-state index in [1.807, 2.05) is 37.3 Å². The molecule has 0 spiro atoms. The third kappa shape index (κ3) is 6.20. The van der Waals surface area contributed by atoms with Crippen LogP contribution in [0.3, 0.4) is 0 Å². The molecule has 0 aliphatic carbocycles. The number of unbranched alkanes of at least 4 members (excludes halogenated alkanes) is 1. The van der Waals surface area contributed by atoms with Crippen molar-refractivity contribution in [2.75, 3.05) is 6.61 Å². The van der Waals surface area contributed by atoms with Crippen LogP contribution < -0.4 is 27.5 Å². The average Bonchev–Trinajstić information content (AvgIpc) is 2.98. The fraction of sp³-hybridized carbons (Fsp3) is 0.286. The molecule has 0 amide bonds. The highest BCUT2D eigenvalue weighted by Crippen LogP contribution is 2.24. The summed E-state index contributed by atoms with van der Waals surface area (Å²) in [6.07, 6.45) is 7.69. The van der Waals surface area contributed by atoms with Gasteiger partial charge in [-0.2, -0.15) is 5.53 Å². The lowest BCUT2D eigenvalue weighted by molar-refractivity contribution is 0.323. The van der Waals surface area contributed by atoms with Crippen molar-refractivity contribution in [3.8, 4) is 22.8 Å². The third-order valence-electron chi connectivity index (χ3n) is 6.38. The summed E-state index contributed by atoms with van der Waals surface area (Å²) in [7, 11) is 0. The van der Waals surface area contributed by atoms with Crippen molar-refractivity contribution in [1.82, 2.24) is 35.2 Å². The number of nitrogens with two attached hydrogens (primary N) is 2. The molecule has 0 radical (unpaired) electrons. The molecule has 208 valence electrons. The fourth-order valence-electron chi connectivity index (χ4n) is 4.35. The van der Waals surface area contributed by atoms with Gasteiger partial charge in [0.1, 0.15) is 5.82 Å². The number of aryl methyl sites for hydroxylation is 2. The maximum absolute atomic E-state index is 13.8. The SMILES string of the molecule is CCCCc1nc(C)n(-c2ncc(OCC)cn2)c(=O)c1Cc1ccc(-c2ccccc2C(=N)N(N)NN)cn1. The van der Waals surface area contributed by atoms with Crippen LogP contribution in [-0.2, 0) is 12.8 Å². The molecule has 4 rings (SSSR count). The number of ether oxygens (including phenoxy) is 1. The topological polar surface area (TPSA) is 174 Å². The summed E-state index contributed by atoms with van der Waals surface area (Å²) in [5.41, 5.74) is 6.21. The number of hydrogen-bond donors (Lipinski definition) is 4. The fourth-order valence-corrected chi connectivity index (χ4v) is 4.35. The van der Waals surface area contributed by atoms with Crippen molar-refractivity contribution in [2.45, 2.75) is 46.5 Å². The zero-order valence-corrected chi connectivity index (χ0v) is 22.9. The molecule has 4 aromatic rings. The highest BCUT2D eigenvalue weighted by Gasteiger charge is 2.19. The summed E-state index contributed by atoms with van der Waals surface area (Å²) >= 11 is 0. The van der Waals surface area contributed by atoms with Crippen molar-refractivity contribution in [3.05, 3.63) is 93.7 Å². The van der Waals surface area contributed by atoms with Crippen LogP contribution in [0.4, 0.5) is 0 Å². The molecule has 12 heteroatoms. The van der Waals surface area contributed by atoms with Gasteiger partial charge in [-0.1, -0.05) is 43.7 Å². The zero-order chi connectivity index (χ0) is 28.6. The molecular formula is C28H34N10O2. The minimum absolute atomic E-state index is 0.00512. The Bertz CT molecular complexity index is 1520. The number of hydrogen-bond acceptors (Lipinski definition) is 10. The van der Waals surface area contributed by atoms with E-state index in [0.29, 0.717) is 47.8 Å². The minimum Gasteiger partial charge on any atom is -0.491 e. The van der Waals surface area contributed by atoms with Gasteiger partial charge in [0.25, 0.3) is 5.56 Å². The molecular weight excluding hydrogens is 508 g/mol. The molecule has 12 nitrogen and oxygen atoms in total. The van der Waals surface area contributed by atoms with Gasteiger partial charge < -0.3 is 4.74 Å². The summed E-state index contributed by atoms with van der Waals surface area (Å²) in [6.45, 7) is 6.26. The summed E-state index contributed by atoms with van der Waals surface area (Å²) in [6, 6.07) is 11.1. The van der Waals surface area contributed by atoms with E-state index in [9.17, 15) is 4.79 Å². The summed E-state index contributed by atoms with van der Waals surface area (Å²) in [5.74, 6) is 12.4. The second-order valence-electron chi connectivity index (χ2n) is 9.09. The molecule has 0 aliphatic rings. The Labute approximate surface area is 232 Å². The van der Waals surface area contributed by atoms with Crippen molar-refractivity contribution in [1.29, 1.82) is 5.41 Å². The van der Waals surface area contributed by atoms with E-state index in [-0.39, 0.29) is 17.3 Å². The molecule has 0 atom stereocenters. The molecule has 0 bridgehead atoms. The van der Waals surface area contributed by atoms with Crippen LogP contribution in [0.2, 0.25) is 0 Å². The van der Waals surface area contributed by atoms with Gasteiger partial charge in [0.05, 0.1) is 24.7 Å². The first-order chi connectivity index (χ1) is 19.4. The van der Waals surface area contributed by atoms with E-state index in [1.54, 1.807) is 31.6 Å². The molecule has 0 saturated carbocycles. The first-order valence-electron chi connectivity index (χ1n) is 13.1. The highest BCUT2D eigenvalue weighted by molar-refractivity contribution is 6.01. The van der Waals surface area contributed by atoms with Crippen molar-refractivity contribution >= 4 is 5.84 Å². The number of hydrazine groups is 3. The zero-order valence-electron chi connectivity index (χ0n) is 22.9. The van der Waals surface area contributed by atoms with E-state index in [0.717, 1.165) is 34.8 Å². The van der Waals surface area contributed by atoms with Gasteiger partial charge in [-0.25, -0.2) is 30.5 Å². The first kappa shape index (κ1) is 28.5. The Hall–Kier alpha value is -4.52. The quantitative estimate of drug-likeness (QED) is 0.0954. The maximum atomic E-state index is 13.8. The largest absolute Gasteiger partial charge is 0.491 e. The van der Waals surface area contributed by atoms with Crippen LogP contribution in [0.5, 0.6) is 5.75 Å². The molecule has 40 heavy (non-hydrogen) atoms. The first-order valence-corrected chi connectivity index (χ1v) is 13.1. The lowest BCUT2D eigenvalue weighted by Gasteiger charge is -2.19. The van der Waals surface area contributed by atoms with Crippen molar-refractivity contribution in [2.24, 2.45) is 11.7 Å². The van der Waals surface area contributed by atoms with Crippen LogP contribution in [0.25, 0.3) is 17.1 Å². The third-order valence-corrected chi connectivity index (χ3v) is 6.38. The summed E-state index contributed by atoms with van der Waals surface area (Å²) < 4.78 is 6.87. The van der Waals surface area contributed by atoms with Gasteiger partial charge >= 0.3 is 0 Å². The number of benzene rings is 1. The van der Waals surface area contributed by atoms with Crippen molar-refractivity contribution in [3.63, 3.8) is 0 Å². The van der Waals surface area contributed by atoms with Crippen LogP contribution in [0, 0.1) is 12.3 Å². The number of nitrogens with one attached hydrogen (secondary N) is 2. The Morgan fingerprint density at radius 3 is 2.50 bits per heavy atom. The molecule has 3 aromatic heterocycles. The molecule has 1 aromatic carbocycles. The molecule has 0 unspecified atom stereocenters. The molecule has 3 heterocycles. The lowest BCUT2D eigenvalue weighted by atomic mass is 9.99. The monoisotopic (exact) mass is 542 g/mol. The van der Waals surface area contributed by atoms with E-state index >= 15 is 0 Å². The van der Waals surface area contributed by atoms with Gasteiger partial charge in [0, 0.05) is 35.0 Å². The Balaban J connectivity index is 1.70. The number of aromatic nitrogens is 5. The molecule has 6 N–H and O–H groups in total. The van der Waals surface area contributed by atoms with Gasteiger partial charge in [-0.15, -0.1) is 0 Å². The van der Waals surface area contributed by atoms with Crippen LogP contribution in [0.1, 0.15) is 55.0 Å². The number of amidine groups is 1. The number of rotatable bonds is 11. The van der Waals surface area contributed by atoms with Crippen LogP contribution >= 0.6 is 0 Å². The Morgan fingerprint density at radius 1 is 1.10 bits per heavy atom. The number of pyridine rings is 1. The second kappa shape index (κ2) is 13.0. The summed E-state index contributed by atoms with van der Waals surface area (Å²) in [5, 5.41) is 9.27. The smallest absolute Gasteiger partial charge is 0.264 e. The van der Waals surface area contributed by atoms with Crippen LogP contribution in [0.15, 0.2) is 59.8 Å². The van der Waals surface area contributed by atoms with E-state index in [1.165, 1.54) is 4.57 Å². The minimum atomic E-state index is -0.218. The Kier molecular flexibility index (Phi) is 9.27. The number of nitrogens with zero attached hydrogens (tertiary/aromatic N) is 6.